The van der Waals surface area contributed by atoms with Crippen LogP contribution in [0.5, 0.6) is 0 Å². The Bertz CT molecular complexity index is 123. The van der Waals surface area contributed by atoms with Crippen molar-refractivity contribution in [3.8, 4) is 0 Å². The monoisotopic (exact) mass is 213 g/mol. The fraction of sp³-hybridized carbons (Fsp3) is 0.571. The van der Waals surface area contributed by atoms with E-state index < -0.39 is 0 Å². The van der Waals surface area contributed by atoms with E-state index in [-0.39, 0.29) is 0 Å². The van der Waals surface area contributed by atoms with Gasteiger partial charge in [0.05, 0.1) is 0 Å². The van der Waals surface area contributed by atoms with Crippen LogP contribution in [0.3, 0.4) is 0 Å². The molecule has 0 amide bonds. The summed E-state index contributed by atoms with van der Waals surface area (Å²) in [7, 11) is 0. The molecule has 0 atom stereocenters. The molecule has 0 aliphatic rings. The second kappa shape index (κ2) is 38.2. The highest BCUT2D eigenvalue weighted by Gasteiger charge is 1.77. The van der Waals surface area contributed by atoms with E-state index in [4.69, 9.17) is 0 Å². The Balaban J connectivity index is -0.0000000726. The minimum atomic E-state index is 1.10. The standard InChI is InChI=1S/C7H13N.C3H6.2C2H6/c1-4-7(3)6-8-5-2;1-3-2;2*1-2/h5-6,8H,2,4H2,1,3H3;3H,1H2,2H3;2*1-2H3/b7-6-;;;. The molecule has 0 aliphatic heterocycles. The first-order valence-electron chi connectivity index (χ1n) is 5.82. The summed E-state index contributed by atoms with van der Waals surface area (Å²) >= 11 is 0. The fourth-order valence-electron chi connectivity index (χ4n) is 0.303. The molecular formula is C14H31N. The molecule has 0 fully saturated rings. The lowest BCUT2D eigenvalue weighted by atomic mass is 10.3. The Morgan fingerprint density at radius 2 is 1.47 bits per heavy atom. The zero-order valence-corrected chi connectivity index (χ0v) is 11.9. The number of hydrogen-bond donors (Lipinski definition) is 1. The van der Waals surface area contributed by atoms with Gasteiger partial charge in [-0.15, -0.1) is 6.58 Å². The van der Waals surface area contributed by atoms with Crippen LogP contribution in [0.1, 0.15) is 54.9 Å². The van der Waals surface area contributed by atoms with Crippen LogP contribution in [0.2, 0.25) is 0 Å². The minimum absolute atomic E-state index is 1.10. The van der Waals surface area contributed by atoms with Gasteiger partial charge in [0.15, 0.2) is 0 Å². The molecule has 0 aromatic carbocycles. The van der Waals surface area contributed by atoms with Gasteiger partial charge in [-0.3, -0.25) is 0 Å². The summed E-state index contributed by atoms with van der Waals surface area (Å²) in [5, 5.41) is 2.90. The number of nitrogens with one attached hydrogen (secondary N) is 1. The molecular weight excluding hydrogens is 182 g/mol. The SMILES string of the molecule is C=CC.C=CN/C=C(/C)CC.CC.CC. The van der Waals surface area contributed by atoms with Gasteiger partial charge in [-0.1, -0.05) is 52.8 Å². The van der Waals surface area contributed by atoms with Crippen molar-refractivity contribution in [2.24, 2.45) is 0 Å². The van der Waals surface area contributed by atoms with Crippen molar-refractivity contribution in [2.45, 2.75) is 54.9 Å². The number of rotatable bonds is 3. The average molecular weight is 213 g/mol. The molecule has 0 saturated heterocycles. The minimum Gasteiger partial charge on any atom is -0.368 e. The molecule has 0 unspecified atom stereocenters. The molecule has 0 heterocycles. The summed E-state index contributed by atoms with van der Waals surface area (Å²) in [6.07, 6.45) is 6.47. The third-order valence-electron chi connectivity index (χ3n) is 1.01. The molecule has 1 N–H and O–H groups in total. The highest BCUT2D eigenvalue weighted by Crippen LogP contribution is 1.93. The molecule has 0 aliphatic carbocycles. The van der Waals surface area contributed by atoms with Gasteiger partial charge in [-0.25, -0.2) is 0 Å². The third-order valence-corrected chi connectivity index (χ3v) is 1.01. The van der Waals surface area contributed by atoms with Gasteiger partial charge in [0.2, 0.25) is 0 Å². The summed E-state index contributed by atoms with van der Waals surface area (Å²) < 4.78 is 0. The Kier molecular flexibility index (Phi) is 60.2. The molecule has 92 valence electrons. The molecule has 0 aromatic rings. The summed E-state index contributed by atoms with van der Waals surface area (Å²) in [4.78, 5) is 0. The van der Waals surface area contributed by atoms with E-state index in [1.54, 1.807) is 12.3 Å². The molecule has 15 heavy (non-hydrogen) atoms. The van der Waals surface area contributed by atoms with Crippen LogP contribution in [0.25, 0.3) is 0 Å². The van der Waals surface area contributed by atoms with E-state index in [0.717, 1.165) is 6.42 Å². The Morgan fingerprint density at radius 1 is 1.13 bits per heavy atom. The van der Waals surface area contributed by atoms with Crippen molar-refractivity contribution < 1.29 is 0 Å². The highest BCUT2D eigenvalue weighted by molar-refractivity contribution is 4.96. The van der Waals surface area contributed by atoms with E-state index in [9.17, 15) is 0 Å². The normalized spacial score (nSPS) is 7.53. The fourth-order valence-corrected chi connectivity index (χ4v) is 0.303. The number of allylic oxidation sites excluding steroid dienone is 2. The smallest absolute Gasteiger partial charge is 0.000675 e. The van der Waals surface area contributed by atoms with Crippen LogP contribution in [0.15, 0.2) is 37.2 Å². The first-order chi connectivity index (χ1) is 7.22. The van der Waals surface area contributed by atoms with Gasteiger partial charge in [0.1, 0.15) is 0 Å². The summed E-state index contributed by atoms with van der Waals surface area (Å²) in [6, 6.07) is 0. The van der Waals surface area contributed by atoms with Crippen LogP contribution in [0.4, 0.5) is 0 Å². The van der Waals surface area contributed by atoms with E-state index in [1.807, 2.05) is 40.8 Å². The molecule has 0 saturated carbocycles. The Labute approximate surface area is 98.0 Å². The first kappa shape index (κ1) is 23.7. The summed E-state index contributed by atoms with van der Waals surface area (Å²) in [5.74, 6) is 0. The van der Waals surface area contributed by atoms with Crippen LogP contribution >= 0.6 is 0 Å². The largest absolute Gasteiger partial charge is 0.368 e. The lowest BCUT2D eigenvalue weighted by molar-refractivity contribution is 1.04. The van der Waals surface area contributed by atoms with Gasteiger partial charge in [-0.05, 0) is 32.7 Å². The van der Waals surface area contributed by atoms with E-state index >= 15 is 0 Å². The Morgan fingerprint density at radius 3 is 1.67 bits per heavy atom. The van der Waals surface area contributed by atoms with E-state index in [0.29, 0.717) is 0 Å². The second-order valence-electron chi connectivity index (χ2n) is 2.12. The van der Waals surface area contributed by atoms with Crippen molar-refractivity contribution in [2.75, 3.05) is 0 Å². The van der Waals surface area contributed by atoms with Gasteiger partial charge in [-0.2, -0.15) is 0 Å². The maximum absolute atomic E-state index is 3.51. The lowest BCUT2D eigenvalue weighted by Gasteiger charge is -1.92. The second-order valence-corrected chi connectivity index (χ2v) is 2.12. The lowest BCUT2D eigenvalue weighted by Crippen LogP contribution is -1.91. The highest BCUT2D eigenvalue weighted by atomic mass is 14.8. The van der Waals surface area contributed by atoms with E-state index in [2.05, 4.69) is 32.3 Å². The topological polar surface area (TPSA) is 12.0 Å². The van der Waals surface area contributed by atoms with Crippen LogP contribution < -0.4 is 5.32 Å². The first-order valence-corrected chi connectivity index (χ1v) is 5.82. The third kappa shape index (κ3) is 62.7. The molecule has 1 heteroatoms. The number of hydrogen-bond acceptors (Lipinski definition) is 1. The molecule has 0 spiro atoms. The Hall–Kier alpha value is -0.980. The van der Waals surface area contributed by atoms with Crippen molar-refractivity contribution in [3.63, 3.8) is 0 Å². The van der Waals surface area contributed by atoms with Crippen LogP contribution in [-0.2, 0) is 0 Å². The molecule has 1 nitrogen and oxygen atoms in total. The average Bonchev–Trinajstić information content (AvgIpc) is 2.32. The quantitative estimate of drug-likeness (QED) is 0.629. The predicted octanol–water partition coefficient (Wildman–Crippen LogP) is 5.28. The summed E-state index contributed by atoms with van der Waals surface area (Å²) in [6.45, 7) is 21.0. The van der Waals surface area contributed by atoms with Crippen LogP contribution in [0, 0.1) is 0 Å². The molecule has 0 aromatic heterocycles. The molecule has 0 rings (SSSR count). The van der Waals surface area contributed by atoms with Crippen molar-refractivity contribution >= 4 is 0 Å². The van der Waals surface area contributed by atoms with Crippen molar-refractivity contribution in [1.29, 1.82) is 0 Å². The zero-order valence-electron chi connectivity index (χ0n) is 11.9. The molecule has 0 radical (unpaired) electrons. The van der Waals surface area contributed by atoms with Crippen molar-refractivity contribution in [3.05, 3.63) is 37.2 Å². The zero-order chi connectivity index (χ0) is 13.1. The van der Waals surface area contributed by atoms with Gasteiger partial charge >= 0.3 is 0 Å². The summed E-state index contributed by atoms with van der Waals surface area (Å²) in [5.41, 5.74) is 1.34. The van der Waals surface area contributed by atoms with E-state index in [1.165, 1.54) is 5.57 Å². The van der Waals surface area contributed by atoms with Gasteiger partial charge in [0, 0.05) is 0 Å². The maximum atomic E-state index is 3.51. The van der Waals surface area contributed by atoms with Crippen molar-refractivity contribution in [1.82, 2.24) is 5.32 Å². The predicted molar refractivity (Wildman–Crippen MR) is 75.9 cm³/mol. The van der Waals surface area contributed by atoms with Gasteiger partial charge in [0.25, 0.3) is 0 Å². The molecule has 0 bridgehead atoms. The van der Waals surface area contributed by atoms with Crippen LogP contribution in [-0.4, -0.2) is 0 Å². The maximum Gasteiger partial charge on any atom is -0.000675 e. The van der Waals surface area contributed by atoms with Gasteiger partial charge < -0.3 is 5.32 Å².